The van der Waals surface area contributed by atoms with Crippen molar-refractivity contribution in [3.05, 3.63) is 72.3 Å². The molecule has 0 aliphatic carbocycles. The van der Waals surface area contributed by atoms with Crippen LogP contribution in [-0.2, 0) is 4.79 Å². The van der Waals surface area contributed by atoms with Gasteiger partial charge in [0, 0.05) is 24.3 Å². The highest BCUT2D eigenvalue weighted by Gasteiger charge is 2.14. The summed E-state index contributed by atoms with van der Waals surface area (Å²) in [5.41, 5.74) is 0.457. The van der Waals surface area contributed by atoms with Crippen LogP contribution in [0.4, 0.5) is 23.2 Å². The fourth-order valence-corrected chi connectivity index (χ4v) is 2.42. The highest BCUT2D eigenvalue weighted by Crippen LogP contribution is 2.28. The van der Waals surface area contributed by atoms with E-state index in [0.29, 0.717) is 0 Å². The van der Waals surface area contributed by atoms with E-state index >= 15 is 0 Å². The summed E-state index contributed by atoms with van der Waals surface area (Å²) in [5, 5.41) is 5.10. The van der Waals surface area contributed by atoms with Crippen molar-refractivity contribution in [1.82, 2.24) is 5.32 Å². The van der Waals surface area contributed by atoms with Crippen molar-refractivity contribution < 1.29 is 36.6 Å². The molecule has 31 heavy (non-hydrogen) atoms. The monoisotopic (exact) mass is 438 g/mol. The molecular formula is C21H18F4N2O4. The zero-order valence-electron chi connectivity index (χ0n) is 16.0. The van der Waals surface area contributed by atoms with Crippen LogP contribution in [0.3, 0.4) is 0 Å². The van der Waals surface area contributed by atoms with Crippen LogP contribution in [0.1, 0.15) is 15.9 Å². The lowest BCUT2D eigenvalue weighted by atomic mass is 10.1. The minimum Gasteiger partial charge on any atom is -0.435 e. The van der Waals surface area contributed by atoms with Gasteiger partial charge >= 0.3 is 13.2 Å². The van der Waals surface area contributed by atoms with Crippen molar-refractivity contribution in [2.45, 2.75) is 13.2 Å². The Labute approximate surface area is 175 Å². The van der Waals surface area contributed by atoms with Crippen LogP contribution in [0.15, 0.2) is 61.2 Å². The lowest BCUT2D eigenvalue weighted by Gasteiger charge is -2.11. The van der Waals surface area contributed by atoms with Gasteiger partial charge in [0.2, 0.25) is 5.91 Å². The van der Waals surface area contributed by atoms with Gasteiger partial charge in [-0.3, -0.25) is 9.59 Å². The van der Waals surface area contributed by atoms with Crippen molar-refractivity contribution in [3.8, 4) is 11.5 Å². The Morgan fingerprint density at radius 3 is 2.42 bits per heavy atom. The van der Waals surface area contributed by atoms with Gasteiger partial charge in [-0.25, -0.2) is 0 Å². The molecule has 0 atom stereocenters. The second-order valence-corrected chi connectivity index (χ2v) is 5.82. The average Bonchev–Trinajstić information content (AvgIpc) is 2.71. The summed E-state index contributed by atoms with van der Waals surface area (Å²) in [7, 11) is 0. The number of alkyl halides is 4. The third-order valence-electron chi connectivity index (χ3n) is 3.68. The molecule has 0 aliphatic rings. The van der Waals surface area contributed by atoms with Crippen LogP contribution in [0.2, 0.25) is 0 Å². The smallest absolute Gasteiger partial charge is 0.387 e. The number of para-hydroxylation sites is 1. The number of rotatable bonds is 10. The van der Waals surface area contributed by atoms with Gasteiger partial charge < -0.3 is 20.1 Å². The van der Waals surface area contributed by atoms with E-state index in [1.807, 2.05) is 0 Å². The Morgan fingerprint density at radius 1 is 1.03 bits per heavy atom. The first-order valence-electron chi connectivity index (χ1n) is 8.81. The molecule has 0 bridgehead atoms. The molecule has 0 aliphatic heterocycles. The molecule has 0 spiro atoms. The minimum atomic E-state index is -3.22. The second-order valence-electron chi connectivity index (χ2n) is 5.82. The van der Waals surface area contributed by atoms with Crippen molar-refractivity contribution in [3.63, 3.8) is 0 Å². The number of ether oxygens (including phenoxy) is 2. The van der Waals surface area contributed by atoms with Gasteiger partial charge in [-0.1, -0.05) is 18.2 Å². The van der Waals surface area contributed by atoms with Crippen LogP contribution >= 0.6 is 0 Å². The Hall–Kier alpha value is -3.82. The van der Waals surface area contributed by atoms with Gasteiger partial charge in [0.1, 0.15) is 11.5 Å². The highest BCUT2D eigenvalue weighted by molar-refractivity contribution is 6.07. The SMILES string of the molecule is C=CCNC(=O)c1ccccc1NC(=O)/C=C/c1ccc(OC(F)F)cc1OC(F)F. The number of carbonyl (C=O) groups is 2. The van der Waals surface area contributed by atoms with E-state index in [-0.39, 0.29) is 29.1 Å². The zero-order chi connectivity index (χ0) is 22.8. The maximum atomic E-state index is 12.6. The van der Waals surface area contributed by atoms with E-state index in [2.05, 4.69) is 26.7 Å². The van der Waals surface area contributed by atoms with E-state index in [1.54, 1.807) is 12.1 Å². The summed E-state index contributed by atoms with van der Waals surface area (Å²) in [6.45, 7) is -2.63. The predicted octanol–water partition coefficient (Wildman–Crippen LogP) is 4.46. The van der Waals surface area contributed by atoms with E-state index in [0.717, 1.165) is 24.3 Å². The third kappa shape index (κ3) is 7.50. The van der Waals surface area contributed by atoms with Crippen molar-refractivity contribution in [1.29, 1.82) is 0 Å². The van der Waals surface area contributed by atoms with Crippen molar-refractivity contribution >= 4 is 23.6 Å². The lowest BCUT2D eigenvalue weighted by molar-refractivity contribution is -0.111. The van der Waals surface area contributed by atoms with Crippen LogP contribution < -0.4 is 20.1 Å². The standard InChI is InChI=1S/C21H18F4N2O4/c1-2-11-26-19(29)15-5-3-4-6-16(15)27-18(28)10-8-13-7-9-14(30-20(22)23)12-17(13)31-21(24)25/h2-10,12,20-21H,1,11H2,(H,26,29)(H,27,28)/b10-8+. The number of carbonyl (C=O) groups excluding carboxylic acids is 2. The van der Waals surface area contributed by atoms with Gasteiger partial charge in [-0.2, -0.15) is 17.6 Å². The Kier molecular flexibility index (Phi) is 8.62. The number of halogens is 4. The van der Waals surface area contributed by atoms with Gasteiger partial charge in [0.15, 0.2) is 0 Å². The van der Waals surface area contributed by atoms with E-state index in [1.165, 1.54) is 24.3 Å². The molecule has 0 fully saturated rings. The highest BCUT2D eigenvalue weighted by atomic mass is 19.3. The molecule has 2 rings (SSSR count). The van der Waals surface area contributed by atoms with Crippen LogP contribution in [0.25, 0.3) is 6.08 Å². The Bertz CT molecular complexity index is 964. The predicted molar refractivity (Wildman–Crippen MR) is 106 cm³/mol. The molecule has 0 heterocycles. The molecule has 2 aromatic rings. The average molecular weight is 438 g/mol. The first-order valence-corrected chi connectivity index (χ1v) is 8.81. The van der Waals surface area contributed by atoms with E-state index in [9.17, 15) is 27.2 Å². The summed E-state index contributed by atoms with van der Waals surface area (Å²) in [4.78, 5) is 24.4. The zero-order valence-corrected chi connectivity index (χ0v) is 16.0. The van der Waals surface area contributed by atoms with Crippen LogP contribution in [0.5, 0.6) is 11.5 Å². The summed E-state index contributed by atoms with van der Waals surface area (Å²) in [5.74, 6) is -1.94. The summed E-state index contributed by atoms with van der Waals surface area (Å²) in [6, 6.07) is 9.39. The number of nitrogens with one attached hydrogen (secondary N) is 2. The van der Waals surface area contributed by atoms with Crippen molar-refractivity contribution in [2.75, 3.05) is 11.9 Å². The minimum absolute atomic E-state index is 0.0223. The molecular weight excluding hydrogens is 420 g/mol. The molecule has 0 radical (unpaired) electrons. The topological polar surface area (TPSA) is 76.7 Å². The second kappa shape index (κ2) is 11.4. The number of benzene rings is 2. The molecule has 2 N–H and O–H groups in total. The maximum absolute atomic E-state index is 12.6. The molecule has 2 amide bonds. The first kappa shape index (κ1) is 23.5. The lowest BCUT2D eigenvalue weighted by Crippen LogP contribution is -2.24. The van der Waals surface area contributed by atoms with Crippen LogP contribution in [-0.4, -0.2) is 31.6 Å². The third-order valence-corrected chi connectivity index (χ3v) is 3.68. The maximum Gasteiger partial charge on any atom is 0.387 e. The quantitative estimate of drug-likeness (QED) is 0.326. The van der Waals surface area contributed by atoms with Crippen molar-refractivity contribution in [2.24, 2.45) is 0 Å². The number of anilines is 1. The molecule has 0 aromatic heterocycles. The van der Waals surface area contributed by atoms with Gasteiger partial charge in [-0.05, 0) is 30.3 Å². The van der Waals surface area contributed by atoms with E-state index < -0.39 is 30.8 Å². The molecule has 2 aromatic carbocycles. The molecule has 0 saturated carbocycles. The molecule has 0 unspecified atom stereocenters. The Morgan fingerprint density at radius 2 is 1.74 bits per heavy atom. The normalized spacial score (nSPS) is 10.9. The molecule has 6 nitrogen and oxygen atoms in total. The van der Waals surface area contributed by atoms with Gasteiger partial charge in [0.25, 0.3) is 5.91 Å². The van der Waals surface area contributed by atoms with Gasteiger partial charge in [-0.15, -0.1) is 6.58 Å². The Balaban J connectivity index is 2.18. The number of hydrogen-bond donors (Lipinski definition) is 2. The molecule has 10 heteroatoms. The molecule has 0 saturated heterocycles. The summed E-state index contributed by atoms with van der Waals surface area (Å²) < 4.78 is 58.4. The van der Waals surface area contributed by atoms with Crippen LogP contribution in [0, 0.1) is 0 Å². The fourth-order valence-electron chi connectivity index (χ4n) is 2.42. The van der Waals surface area contributed by atoms with Gasteiger partial charge in [0.05, 0.1) is 11.3 Å². The summed E-state index contributed by atoms with van der Waals surface area (Å²) in [6.07, 6.45) is 3.66. The number of amides is 2. The largest absolute Gasteiger partial charge is 0.435 e. The fraction of sp³-hybridized carbons (Fsp3) is 0.143. The number of hydrogen-bond acceptors (Lipinski definition) is 4. The summed E-state index contributed by atoms with van der Waals surface area (Å²) >= 11 is 0. The van der Waals surface area contributed by atoms with E-state index in [4.69, 9.17) is 0 Å². The molecule has 164 valence electrons. The first-order chi connectivity index (χ1) is 14.8.